The zero-order valence-corrected chi connectivity index (χ0v) is 18.5. The molecule has 0 bridgehead atoms. The minimum atomic E-state index is -1.08. The van der Waals surface area contributed by atoms with Crippen LogP contribution in [0.5, 0.6) is 0 Å². The Balaban J connectivity index is 1.71. The number of hydrogen-bond donors (Lipinski definition) is 3. The average Bonchev–Trinajstić information content (AvgIpc) is 2.91. The number of aryl methyl sites for hydroxylation is 1. The molecule has 2 aromatic carbocycles. The van der Waals surface area contributed by atoms with Crippen molar-refractivity contribution in [3.63, 3.8) is 0 Å². The van der Waals surface area contributed by atoms with Crippen LogP contribution in [-0.4, -0.2) is 69.1 Å². The molecule has 3 rings (SSSR count). The van der Waals surface area contributed by atoms with E-state index >= 15 is 0 Å². The number of thioether (sulfide) groups is 1. The third-order valence-electron chi connectivity index (χ3n) is 5.50. The summed E-state index contributed by atoms with van der Waals surface area (Å²) in [5.74, 6) is -1.47. The Morgan fingerprint density at radius 2 is 1.62 bits per heavy atom. The van der Waals surface area contributed by atoms with Crippen LogP contribution in [0.1, 0.15) is 17.5 Å². The molecule has 0 saturated carbocycles. The van der Waals surface area contributed by atoms with E-state index in [0.717, 1.165) is 11.1 Å². The lowest BCUT2D eigenvalue weighted by Gasteiger charge is -2.31. The molecular weight excluding hydrogens is 428 g/mol. The fraction of sp³-hybridized carbons (Fsp3) is 0.375. The first kappa shape index (κ1) is 23.8. The summed E-state index contributed by atoms with van der Waals surface area (Å²) in [5, 5.41) is 22.1. The molecule has 2 aromatic rings. The van der Waals surface area contributed by atoms with Gasteiger partial charge in [-0.3, -0.25) is 19.7 Å². The largest absolute Gasteiger partial charge is 0.480 e. The first-order chi connectivity index (χ1) is 15.4. The standard InChI is InChI=1S/C24H28N2O5S/c27-22(28)14-26-19(13-18-9-5-2-6-10-18)15-32-16-21(23(26)29)25-20(24(30)31)12-11-17-7-3-1-4-8-17/h1-10,19-21,25H,11-16H2,(H,27,28)(H,30,31)/t19?,20-,21?/m1/s1. The van der Waals surface area contributed by atoms with Gasteiger partial charge in [0.15, 0.2) is 0 Å². The summed E-state index contributed by atoms with van der Waals surface area (Å²) in [5.41, 5.74) is 2.05. The normalized spacial score (nSPS) is 19.9. The second-order valence-corrected chi connectivity index (χ2v) is 8.95. The van der Waals surface area contributed by atoms with E-state index in [-0.39, 0.29) is 11.9 Å². The van der Waals surface area contributed by atoms with Crippen molar-refractivity contribution in [2.45, 2.75) is 37.4 Å². The van der Waals surface area contributed by atoms with E-state index in [4.69, 9.17) is 0 Å². The molecule has 1 amide bonds. The molecule has 3 N–H and O–H groups in total. The number of carbonyl (C=O) groups is 3. The maximum Gasteiger partial charge on any atom is 0.323 e. The van der Waals surface area contributed by atoms with Crippen LogP contribution < -0.4 is 5.32 Å². The lowest BCUT2D eigenvalue weighted by atomic mass is 10.0. The summed E-state index contributed by atoms with van der Waals surface area (Å²) >= 11 is 1.54. The van der Waals surface area contributed by atoms with Gasteiger partial charge in [0.2, 0.25) is 5.91 Å². The van der Waals surface area contributed by atoms with Gasteiger partial charge in [0.05, 0.1) is 6.04 Å². The number of rotatable bonds is 10. The summed E-state index contributed by atoms with van der Waals surface area (Å²) in [6.45, 7) is -0.406. The van der Waals surface area contributed by atoms with Crippen LogP contribution in [0, 0.1) is 0 Å². The molecule has 1 aliphatic heterocycles. The van der Waals surface area contributed by atoms with Crippen molar-refractivity contribution in [2.75, 3.05) is 18.1 Å². The van der Waals surface area contributed by atoms with E-state index in [0.29, 0.717) is 30.8 Å². The van der Waals surface area contributed by atoms with Crippen molar-refractivity contribution in [2.24, 2.45) is 0 Å². The fourth-order valence-electron chi connectivity index (χ4n) is 3.87. The first-order valence-corrected chi connectivity index (χ1v) is 11.8. The van der Waals surface area contributed by atoms with Gasteiger partial charge in [0.1, 0.15) is 12.6 Å². The topological polar surface area (TPSA) is 107 Å². The van der Waals surface area contributed by atoms with Gasteiger partial charge in [-0.25, -0.2) is 0 Å². The molecular formula is C24H28N2O5S. The van der Waals surface area contributed by atoms with Crippen molar-refractivity contribution in [1.29, 1.82) is 0 Å². The summed E-state index contributed by atoms with van der Waals surface area (Å²) in [6.07, 6.45) is 1.45. The molecule has 170 valence electrons. The quantitative estimate of drug-likeness (QED) is 0.504. The molecule has 0 aromatic heterocycles. The van der Waals surface area contributed by atoms with Gasteiger partial charge < -0.3 is 15.1 Å². The van der Waals surface area contributed by atoms with E-state index in [2.05, 4.69) is 5.32 Å². The zero-order valence-electron chi connectivity index (χ0n) is 17.7. The number of carbonyl (C=O) groups excluding carboxylic acids is 1. The molecule has 0 radical (unpaired) electrons. The summed E-state index contributed by atoms with van der Waals surface area (Å²) < 4.78 is 0. The smallest absolute Gasteiger partial charge is 0.323 e. The van der Waals surface area contributed by atoms with Crippen LogP contribution in [-0.2, 0) is 27.2 Å². The first-order valence-electron chi connectivity index (χ1n) is 10.6. The van der Waals surface area contributed by atoms with E-state index in [1.165, 1.54) is 4.90 Å². The third-order valence-corrected chi connectivity index (χ3v) is 6.69. The minimum absolute atomic E-state index is 0.273. The Labute approximate surface area is 191 Å². The van der Waals surface area contributed by atoms with Crippen LogP contribution in [0.2, 0.25) is 0 Å². The monoisotopic (exact) mass is 456 g/mol. The SMILES string of the molecule is O=C(O)CN1C(=O)C(N[C@H](CCc2ccccc2)C(=O)O)CSCC1Cc1ccccc1. The minimum Gasteiger partial charge on any atom is -0.480 e. The van der Waals surface area contributed by atoms with E-state index in [1.54, 1.807) is 11.8 Å². The Kier molecular flexibility index (Phi) is 8.70. The summed E-state index contributed by atoms with van der Waals surface area (Å²) in [4.78, 5) is 38.1. The number of aliphatic carboxylic acids is 2. The highest BCUT2D eigenvalue weighted by molar-refractivity contribution is 7.99. The van der Waals surface area contributed by atoms with Crippen LogP contribution in [0.4, 0.5) is 0 Å². The molecule has 0 spiro atoms. The highest BCUT2D eigenvalue weighted by Gasteiger charge is 2.36. The van der Waals surface area contributed by atoms with Gasteiger partial charge in [0, 0.05) is 17.5 Å². The Bertz CT molecular complexity index is 909. The molecule has 1 fully saturated rings. The maximum absolute atomic E-state index is 13.3. The number of hydrogen-bond acceptors (Lipinski definition) is 5. The Hall–Kier alpha value is -2.84. The number of nitrogens with zero attached hydrogens (tertiary/aromatic N) is 1. The lowest BCUT2D eigenvalue weighted by Crippen LogP contribution is -2.55. The summed E-state index contributed by atoms with van der Waals surface area (Å²) in [7, 11) is 0. The molecule has 8 heteroatoms. The number of carboxylic acid groups (broad SMARTS) is 2. The number of carboxylic acids is 2. The van der Waals surface area contributed by atoms with E-state index in [1.807, 2.05) is 60.7 Å². The number of nitrogens with one attached hydrogen (secondary N) is 1. The Morgan fingerprint density at radius 1 is 1.00 bits per heavy atom. The van der Waals surface area contributed by atoms with Gasteiger partial charge in [-0.1, -0.05) is 60.7 Å². The average molecular weight is 457 g/mol. The molecule has 2 unspecified atom stereocenters. The van der Waals surface area contributed by atoms with Crippen molar-refractivity contribution >= 4 is 29.6 Å². The van der Waals surface area contributed by atoms with Gasteiger partial charge in [-0.2, -0.15) is 11.8 Å². The lowest BCUT2D eigenvalue weighted by molar-refractivity contribution is -0.147. The maximum atomic E-state index is 13.3. The number of amides is 1. The zero-order chi connectivity index (χ0) is 22.9. The van der Waals surface area contributed by atoms with Crippen molar-refractivity contribution in [1.82, 2.24) is 10.2 Å². The third kappa shape index (κ3) is 6.83. The fourth-order valence-corrected chi connectivity index (χ4v) is 5.05. The highest BCUT2D eigenvalue weighted by Crippen LogP contribution is 2.22. The van der Waals surface area contributed by atoms with E-state index in [9.17, 15) is 24.6 Å². The van der Waals surface area contributed by atoms with Gasteiger partial charge in [0.25, 0.3) is 0 Å². The molecule has 1 saturated heterocycles. The predicted octanol–water partition coefficient (Wildman–Crippen LogP) is 2.30. The van der Waals surface area contributed by atoms with Gasteiger partial charge in [-0.15, -0.1) is 0 Å². The molecule has 1 aliphatic rings. The van der Waals surface area contributed by atoms with Crippen molar-refractivity contribution in [3.05, 3.63) is 71.8 Å². The van der Waals surface area contributed by atoms with E-state index < -0.39 is 30.6 Å². The highest BCUT2D eigenvalue weighted by atomic mass is 32.2. The predicted molar refractivity (Wildman–Crippen MR) is 124 cm³/mol. The molecule has 1 heterocycles. The van der Waals surface area contributed by atoms with Gasteiger partial charge >= 0.3 is 11.9 Å². The van der Waals surface area contributed by atoms with Crippen LogP contribution in [0.25, 0.3) is 0 Å². The van der Waals surface area contributed by atoms with Crippen LogP contribution in [0.3, 0.4) is 0 Å². The van der Waals surface area contributed by atoms with Crippen molar-refractivity contribution < 1.29 is 24.6 Å². The van der Waals surface area contributed by atoms with Crippen LogP contribution in [0.15, 0.2) is 60.7 Å². The van der Waals surface area contributed by atoms with Crippen LogP contribution >= 0.6 is 11.8 Å². The molecule has 32 heavy (non-hydrogen) atoms. The van der Waals surface area contributed by atoms with Crippen molar-refractivity contribution in [3.8, 4) is 0 Å². The molecule has 0 aliphatic carbocycles. The summed E-state index contributed by atoms with van der Waals surface area (Å²) in [6, 6.07) is 17.3. The molecule has 3 atom stereocenters. The second kappa shape index (κ2) is 11.7. The Morgan fingerprint density at radius 3 is 2.22 bits per heavy atom. The number of benzene rings is 2. The molecule has 7 nitrogen and oxygen atoms in total. The second-order valence-electron chi connectivity index (χ2n) is 7.88. The van der Waals surface area contributed by atoms with Gasteiger partial charge in [-0.05, 0) is 30.4 Å².